The van der Waals surface area contributed by atoms with E-state index in [-0.39, 0.29) is 17.0 Å². The fourth-order valence-corrected chi connectivity index (χ4v) is 1.66. The molecular formula is C8H18Br2. The van der Waals surface area contributed by atoms with Gasteiger partial charge in [-0.25, -0.2) is 0 Å². The highest BCUT2D eigenvalue weighted by Gasteiger charge is 2.01. The van der Waals surface area contributed by atoms with E-state index in [1.807, 2.05) is 0 Å². The molecule has 0 aromatic heterocycles. The topological polar surface area (TPSA) is 0 Å². The minimum absolute atomic E-state index is 0. The third-order valence-corrected chi connectivity index (χ3v) is 2.68. The Bertz CT molecular complexity index is 51.2. The molecule has 0 radical (unpaired) electrons. The van der Waals surface area contributed by atoms with Crippen molar-refractivity contribution in [2.45, 2.75) is 39.5 Å². The van der Waals surface area contributed by atoms with Gasteiger partial charge in [0, 0.05) is 5.33 Å². The van der Waals surface area contributed by atoms with Gasteiger partial charge < -0.3 is 0 Å². The van der Waals surface area contributed by atoms with Gasteiger partial charge in [-0.05, 0) is 12.3 Å². The van der Waals surface area contributed by atoms with Crippen LogP contribution in [0.3, 0.4) is 0 Å². The number of alkyl halides is 1. The Balaban J connectivity index is 0. The molecule has 0 aliphatic heterocycles. The molecule has 0 nitrogen and oxygen atoms in total. The molecule has 0 saturated carbocycles. The molecule has 1 atom stereocenters. The minimum atomic E-state index is 0. The van der Waals surface area contributed by atoms with Crippen molar-refractivity contribution in [1.82, 2.24) is 0 Å². The van der Waals surface area contributed by atoms with E-state index in [1.54, 1.807) is 0 Å². The quantitative estimate of drug-likeness (QED) is 0.660. The molecule has 0 aliphatic rings. The lowest BCUT2D eigenvalue weighted by Crippen LogP contribution is -1.98. The fourth-order valence-electron chi connectivity index (χ4n) is 0.883. The lowest BCUT2D eigenvalue weighted by atomic mass is 10.0. The Morgan fingerprint density at radius 1 is 1.30 bits per heavy atom. The monoisotopic (exact) mass is 272 g/mol. The number of unbranched alkanes of at least 4 members (excludes halogenated alkanes) is 1. The minimum Gasteiger partial charge on any atom is -0.114 e. The maximum Gasteiger partial charge on any atom is 0.00595 e. The first-order valence-corrected chi connectivity index (χ1v) is 5.03. The molecule has 2 heteroatoms. The standard InChI is InChI=1S/C8H17Br.BrH/c1-3-5-6-8(4-2)7-9;/h8H,3-7H2,1-2H3;1H. The molecule has 0 bridgehead atoms. The van der Waals surface area contributed by atoms with Crippen molar-refractivity contribution >= 4 is 32.9 Å². The van der Waals surface area contributed by atoms with E-state index >= 15 is 0 Å². The summed E-state index contributed by atoms with van der Waals surface area (Å²) in [6.45, 7) is 4.52. The van der Waals surface area contributed by atoms with E-state index in [4.69, 9.17) is 0 Å². The molecule has 0 spiro atoms. The van der Waals surface area contributed by atoms with Crippen molar-refractivity contribution in [3.05, 3.63) is 0 Å². The van der Waals surface area contributed by atoms with Gasteiger partial charge in [0.05, 0.1) is 0 Å². The van der Waals surface area contributed by atoms with Crippen LogP contribution in [0, 0.1) is 5.92 Å². The lowest BCUT2D eigenvalue weighted by Gasteiger charge is -2.08. The first-order chi connectivity index (χ1) is 4.35. The molecule has 0 aromatic carbocycles. The average Bonchev–Trinajstić information content (AvgIpc) is 1.91. The molecule has 0 fully saturated rings. The van der Waals surface area contributed by atoms with Crippen LogP contribution in [0.2, 0.25) is 0 Å². The second kappa shape index (κ2) is 9.96. The molecule has 0 amide bonds. The van der Waals surface area contributed by atoms with Crippen LogP contribution in [-0.2, 0) is 0 Å². The van der Waals surface area contributed by atoms with Crippen molar-refractivity contribution in [3.8, 4) is 0 Å². The number of hydrogen-bond acceptors (Lipinski definition) is 0. The van der Waals surface area contributed by atoms with Crippen molar-refractivity contribution < 1.29 is 0 Å². The van der Waals surface area contributed by atoms with Gasteiger partial charge in [-0.3, -0.25) is 0 Å². The maximum atomic E-state index is 3.51. The third kappa shape index (κ3) is 7.07. The lowest BCUT2D eigenvalue weighted by molar-refractivity contribution is 0.502. The SMILES string of the molecule is Br.CCCCC(CC)CBr. The van der Waals surface area contributed by atoms with E-state index in [0.717, 1.165) is 5.92 Å². The van der Waals surface area contributed by atoms with Crippen LogP contribution in [0.15, 0.2) is 0 Å². The zero-order valence-corrected chi connectivity index (χ0v) is 10.2. The summed E-state index contributed by atoms with van der Waals surface area (Å²) in [7, 11) is 0. The Labute approximate surface area is 83.7 Å². The Hall–Kier alpha value is 0.960. The van der Waals surface area contributed by atoms with E-state index < -0.39 is 0 Å². The molecule has 64 valence electrons. The van der Waals surface area contributed by atoms with E-state index in [1.165, 1.54) is 31.0 Å². The maximum absolute atomic E-state index is 3.51. The van der Waals surface area contributed by atoms with E-state index in [9.17, 15) is 0 Å². The number of halogens is 2. The third-order valence-electron chi connectivity index (χ3n) is 1.76. The van der Waals surface area contributed by atoms with Gasteiger partial charge in [0.1, 0.15) is 0 Å². The molecule has 0 N–H and O–H groups in total. The van der Waals surface area contributed by atoms with Crippen molar-refractivity contribution in [2.24, 2.45) is 5.92 Å². The van der Waals surface area contributed by atoms with Crippen molar-refractivity contribution in [3.63, 3.8) is 0 Å². The highest BCUT2D eigenvalue weighted by Crippen LogP contribution is 2.14. The van der Waals surface area contributed by atoms with Crippen LogP contribution in [0.25, 0.3) is 0 Å². The van der Waals surface area contributed by atoms with E-state index in [2.05, 4.69) is 29.8 Å². The van der Waals surface area contributed by atoms with Crippen LogP contribution >= 0.6 is 32.9 Å². The Morgan fingerprint density at radius 3 is 2.20 bits per heavy atom. The van der Waals surface area contributed by atoms with Gasteiger partial charge in [0.2, 0.25) is 0 Å². The van der Waals surface area contributed by atoms with Crippen LogP contribution in [0.1, 0.15) is 39.5 Å². The van der Waals surface area contributed by atoms with Crippen molar-refractivity contribution in [2.75, 3.05) is 5.33 Å². The fraction of sp³-hybridized carbons (Fsp3) is 1.00. The van der Waals surface area contributed by atoms with Gasteiger partial charge in [-0.2, -0.15) is 0 Å². The number of rotatable bonds is 5. The summed E-state index contributed by atoms with van der Waals surface area (Å²) < 4.78 is 0. The number of hydrogen-bond donors (Lipinski definition) is 0. The predicted molar refractivity (Wildman–Crippen MR) is 57.4 cm³/mol. The summed E-state index contributed by atoms with van der Waals surface area (Å²) in [6, 6.07) is 0. The average molecular weight is 274 g/mol. The smallest absolute Gasteiger partial charge is 0.00595 e. The second-order valence-corrected chi connectivity index (χ2v) is 3.22. The van der Waals surface area contributed by atoms with Gasteiger partial charge in [-0.1, -0.05) is 49.0 Å². The summed E-state index contributed by atoms with van der Waals surface area (Å²) >= 11 is 3.51. The van der Waals surface area contributed by atoms with Gasteiger partial charge >= 0.3 is 0 Å². The van der Waals surface area contributed by atoms with Crippen LogP contribution in [0.4, 0.5) is 0 Å². The summed E-state index contributed by atoms with van der Waals surface area (Å²) in [5.41, 5.74) is 0. The van der Waals surface area contributed by atoms with Crippen molar-refractivity contribution in [1.29, 1.82) is 0 Å². The molecule has 0 saturated heterocycles. The van der Waals surface area contributed by atoms with Gasteiger partial charge in [0.15, 0.2) is 0 Å². The first kappa shape index (κ1) is 13.5. The summed E-state index contributed by atoms with van der Waals surface area (Å²) in [5.74, 6) is 0.921. The van der Waals surface area contributed by atoms with Gasteiger partial charge in [-0.15, -0.1) is 17.0 Å². The molecule has 1 unspecified atom stereocenters. The zero-order chi connectivity index (χ0) is 7.11. The van der Waals surface area contributed by atoms with Crippen LogP contribution in [0.5, 0.6) is 0 Å². The van der Waals surface area contributed by atoms with E-state index in [0.29, 0.717) is 0 Å². The summed E-state index contributed by atoms with van der Waals surface area (Å²) in [5, 5.41) is 1.18. The normalized spacial score (nSPS) is 12.3. The molecule has 0 aromatic rings. The summed E-state index contributed by atoms with van der Waals surface area (Å²) in [4.78, 5) is 0. The summed E-state index contributed by atoms with van der Waals surface area (Å²) in [6.07, 6.45) is 5.46. The van der Waals surface area contributed by atoms with Crippen LogP contribution in [-0.4, -0.2) is 5.33 Å². The molecule has 0 aliphatic carbocycles. The highest BCUT2D eigenvalue weighted by molar-refractivity contribution is 9.09. The first-order valence-electron chi connectivity index (χ1n) is 3.91. The highest BCUT2D eigenvalue weighted by atomic mass is 79.9. The largest absolute Gasteiger partial charge is 0.114 e. The predicted octanol–water partition coefficient (Wildman–Crippen LogP) is 4.18. The van der Waals surface area contributed by atoms with Crippen LogP contribution < -0.4 is 0 Å². The second-order valence-electron chi connectivity index (χ2n) is 2.57. The Kier molecular flexibility index (Phi) is 13.5. The molecular weight excluding hydrogens is 256 g/mol. The zero-order valence-electron chi connectivity index (χ0n) is 6.90. The Morgan fingerprint density at radius 2 is 1.90 bits per heavy atom. The molecule has 0 heterocycles. The molecule has 10 heavy (non-hydrogen) atoms. The van der Waals surface area contributed by atoms with Gasteiger partial charge in [0.25, 0.3) is 0 Å². The molecule has 0 rings (SSSR count).